The Labute approximate surface area is 85.4 Å². The van der Waals surface area contributed by atoms with E-state index >= 15 is 0 Å². The van der Waals surface area contributed by atoms with Gasteiger partial charge in [-0.25, -0.2) is 8.42 Å². The molecule has 0 amide bonds. The van der Waals surface area contributed by atoms with E-state index in [9.17, 15) is 8.42 Å². The molecule has 0 spiro atoms. The van der Waals surface area contributed by atoms with Crippen LogP contribution in [0.5, 0.6) is 0 Å². The predicted molar refractivity (Wildman–Crippen MR) is 48.9 cm³/mol. The van der Waals surface area contributed by atoms with Crippen molar-refractivity contribution in [2.24, 2.45) is 0 Å². The smallest absolute Gasteiger partial charge is 0.207 e. The highest BCUT2D eigenvalue weighted by Crippen LogP contribution is 2.18. The maximum Gasteiger partial charge on any atom is 0.261 e. The fraction of sp³-hybridized carbons (Fsp3) is 0. The van der Waals surface area contributed by atoms with Gasteiger partial charge in [-0.2, -0.15) is 10.5 Å². The quantitative estimate of drug-likeness (QED) is 0.677. The summed E-state index contributed by atoms with van der Waals surface area (Å²) in [5.74, 6) is 0. The third-order valence-electron chi connectivity index (χ3n) is 1.45. The third-order valence-corrected chi connectivity index (χ3v) is 2.78. The molecule has 0 radical (unpaired) electrons. The number of rotatable bonds is 1. The van der Waals surface area contributed by atoms with Crippen molar-refractivity contribution in [3.8, 4) is 12.1 Å². The molecular weight excluding hydrogens is 224 g/mol. The van der Waals surface area contributed by atoms with E-state index in [1.807, 2.05) is 0 Å². The first-order chi connectivity index (χ1) is 6.47. The summed E-state index contributed by atoms with van der Waals surface area (Å²) in [6.07, 6.45) is 0. The van der Waals surface area contributed by atoms with Crippen LogP contribution in [0.15, 0.2) is 23.1 Å². The van der Waals surface area contributed by atoms with Crippen molar-refractivity contribution in [1.29, 1.82) is 10.5 Å². The number of nitrogens with zero attached hydrogens (tertiary/aromatic N) is 2. The van der Waals surface area contributed by atoms with E-state index in [1.165, 1.54) is 6.07 Å². The molecule has 70 valence electrons. The largest absolute Gasteiger partial charge is 0.261 e. The Morgan fingerprint density at radius 3 is 1.79 bits per heavy atom. The van der Waals surface area contributed by atoms with Crippen molar-refractivity contribution in [1.82, 2.24) is 0 Å². The SMILES string of the molecule is N#Cc1cc(C#N)cc(S(=O)(=O)Cl)c1. The molecule has 0 aliphatic rings. The summed E-state index contributed by atoms with van der Waals surface area (Å²) in [4.78, 5) is -0.241. The summed E-state index contributed by atoms with van der Waals surface area (Å²) in [5, 5.41) is 17.1. The van der Waals surface area contributed by atoms with Gasteiger partial charge in [-0.3, -0.25) is 0 Å². The predicted octanol–water partition coefficient (Wildman–Crippen LogP) is 1.36. The van der Waals surface area contributed by atoms with Crippen LogP contribution in [0.25, 0.3) is 0 Å². The van der Waals surface area contributed by atoms with Crippen LogP contribution in [0.1, 0.15) is 11.1 Å². The van der Waals surface area contributed by atoms with E-state index in [2.05, 4.69) is 0 Å². The molecule has 0 atom stereocenters. The van der Waals surface area contributed by atoms with E-state index in [-0.39, 0.29) is 16.0 Å². The summed E-state index contributed by atoms with van der Waals surface area (Å²) in [6.45, 7) is 0. The first-order valence-corrected chi connectivity index (χ1v) is 5.68. The molecule has 0 aliphatic carbocycles. The zero-order chi connectivity index (χ0) is 10.8. The van der Waals surface area contributed by atoms with Gasteiger partial charge in [0, 0.05) is 10.7 Å². The number of halogens is 1. The molecule has 0 aromatic heterocycles. The summed E-state index contributed by atoms with van der Waals surface area (Å²) >= 11 is 0. The van der Waals surface area contributed by atoms with E-state index in [0.29, 0.717) is 0 Å². The lowest BCUT2D eigenvalue weighted by molar-refractivity contribution is 0.609. The van der Waals surface area contributed by atoms with Gasteiger partial charge in [0.25, 0.3) is 9.05 Å². The zero-order valence-electron chi connectivity index (χ0n) is 6.73. The monoisotopic (exact) mass is 226 g/mol. The van der Waals surface area contributed by atoms with Crippen molar-refractivity contribution >= 4 is 19.7 Å². The highest BCUT2D eigenvalue weighted by Gasteiger charge is 2.12. The van der Waals surface area contributed by atoms with Gasteiger partial charge >= 0.3 is 0 Å². The molecule has 0 saturated carbocycles. The highest BCUT2D eigenvalue weighted by atomic mass is 35.7. The molecule has 0 bridgehead atoms. The maximum absolute atomic E-state index is 10.9. The Bertz CT molecular complexity index is 519. The minimum Gasteiger partial charge on any atom is -0.207 e. The first-order valence-electron chi connectivity index (χ1n) is 3.37. The number of hydrogen-bond donors (Lipinski definition) is 0. The molecule has 0 saturated heterocycles. The van der Waals surface area contributed by atoms with E-state index in [4.69, 9.17) is 21.2 Å². The van der Waals surface area contributed by atoms with Crippen LogP contribution in [0.3, 0.4) is 0 Å². The lowest BCUT2D eigenvalue weighted by Crippen LogP contribution is -1.93. The Hall–Kier alpha value is -1.56. The number of hydrogen-bond acceptors (Lipinski definition) is 4. The molecule has 14 heavy (non-hydrogen) atoms. The van der Waals surface area contributed by atoms with Gasteiger partial charge in [-0.05, 0) is 18.2 Å². The zero-order valence-corrected chi connectivity index (χ0v) is 8.30. The minimum atomic E-state index is -3.90. The first kappa shape index (κ1) is 10.5. The Balaban J connectivity index is 3.51. The molecular formula is C8H3ClN2O2S. The van der Waals surface area contributed by atoms with E-state index in [0.717, 1.165) is 12.1 Å². The van der Waals surface area contributed by atoms with Crippen LogP contribution >= 0.6 is 10.7 Å². The van der Waals surface area contributed by atoms with Gasteiger partial charge in [0.1, 0.15) is 0 Å². The summed E-state index contributed by atoms with van der Waals surface area (Å²) in [6, 6.07) is 6.99. The molecule has 0 N–H and O–H groups in total. The van der Waals surface area contributed by atoms with Crippen LogP contribution in [0, 0.1) is 22.7 Å². The fourth-order valence-electron chi connectivity index (χ4n) is 0.869. The average Bonchev–Trinajstić information content (AvgIpc) is 2.15. The molecule has 1 rings (SSSR count). The normalized spacial score (nSPS) is 10.2. The van der Waals surface area contributed by atoms with Crippen LogP contribution in [0.2, 0.25) is 0 Å². The van der Waals surface area contributed by atoms with Crippen LogP contribution in [-0.2, 0) is 9.05 Å². The molecule has 6 heteroatoms. The standard InChI is InChI=1S/C8H3ClN2O2S/c9-14(12,13)8-2-6(4-10)1-7(3-8)5-11/h1-3H. The average molecular weight is 227 g/mol. The molecule has 1 aromatic rings. The van der Waals surface area contributed by atoms with Gasteiger partial charge in [0.2, 0.25) is 0 Å². The third kappa shape index (κ3) is 2.23. The molecule has 0 unspecified atom stereocenters. The van der Waals surface area contributed by atoms with Crippen LogP contribution in [0.4, 0.5) is 0 Å². The highest BCUT2D eigenvalue weighted by molar-refractivity contribution is 8.13. The van der Waals surface area contributed by atoms with Gasteiger partial charge < -0.3 is 0 Å². The maximum atomic E-state index is 10.9. The van der Waals surface area contributed by atoms with Crippen molar-refractivity contribution < 1.29 is 8.42 Å². The topological polar surface area (TPSA) is 81.7 Å². The minimum absolute atomic E-state index is 0.0864. The molecule has 0 aliphatic heterocycles. The van der Waals surface area contributed by atoms with Crippen molar-refractivity contribution in [3.63, 3.8) is 0 Å². The van der Waals surface area contributed by atoms with Crippen LogP contribution < -0.4 is 0 Å². The lowest BCUT2D eigenvalue weighted by atomic mass is 10.1. The van der Waals surface area contributed by atoms with Crippen molar-refractivity contribution in [2.45, 2.75) is 4.90 Å². The van der Waals surface area contributed by atoms with E-state index < -0.39 is 9.05 Å². The Morgan fingerprint density at radius 2 is 1.50 bits per heavy atom. The molecule has 0 heterocycles. The molecule has 0 fully saturated rings. The van der Waals surface area contributed by atoms with Gasteiger partial charge in [0.15, 0.2) is 0 Å². The second-order valence-electron chi connectivity index (χ2n) is 2.41. The second-order valence-corrected chi connectivity index (χ2v) is 4.97. The van der Waals surface area contributed by atoms with Gasteiger partial charge in [-0.15, -0.1) is 0 Å². The number of nitriles is 2. The summed E-state index contributed by atoms with van der Waals surface area (Å²) < 4.78 is 21.8. The summed E-state index contributed by atoms with van der Waals surface area (Å²) in [7, 11) is 1.17. The van der Waals surface area contributed by atoms with Crippen molar-refractivity contribution in [3.05, 3.63) is 29.3 Å². The van der Waals surface area contributed by atoms with Crippen molar-refractivity contribution in [2.75, 3.05) is 0 Å². The van der Waals surface area contributed by atoms with Crippen LogP contribution in [-0.4, -0.2) is 8.42 Å². The van der Waals surface area contributed by atoms with Gasteiger partial charge in [-0.1, -0.05) is 0 Å². The van der Waals surface area contributed by atoms with E-state index in [1.54, 1.807) is 12.1 Å². The lowest BCUT2D eigenvalue weighted by Gasteiger charge is -1.97. The fourth-order valence-corrected chi connectivity index (χ4v) is 1.67. The molecule has 1 aromatic carbocycles. The number of benzene rings is 1. The van der Waals surface area contributed by atoms with Gasteiger partial charge in [0.05, 0.1) is 28.2 Å². The Kier molecular flexibility index (Phi) is 2.76. The molecule has 4 nitrogen and oxygen atoms in total. The Morgan fingerprint density at radius 1 is 1.07 bits per heavy atom. The second kappa shape index (κ2) is 3.67. The summed E-state index contributed by atoms with van der Waals surface area (Å²) in [5.41, 5.74) is 0.173.